The van der Waals surface area contributed by atoms with E-state index in [9.17, 15) is 18.0 Å². The Balaban J connectivity index is 1.59. The van der Waals surface area contributed by atoms with Crippen LogP contribution in [0.1, 0.15) is 109 Å². The van der Waals surface area contributed by atoms with Crippen molar-refractivity contribution in [3.8, 4) is 5.75 Å². The highest BCUT2D eigenvalue weighted by Gasteiger charge is 2.32. The number of rotatable bonds is 17. The molecule has 1 aliphatic heterocycles. The number of carbonyl (C=O) groups is 1. The lowest BCUT2D eigenvalue weighted by atomic mass is 10.0. The number of carbonyl (C=O) groups excluding carboxylic acids is 1. The number of halogens is 3. The summed E-state index contributed by atoms with van der Waals surface area (Å²) < 4.78 is 42.5. The van der Waals surface area contributed by atoms with Crippen molar-refractivity contribution in [1.29, 1.82) is 0 Å². The molecule has 1 fully saturated rings. The molecule has 1 saturated heterocycles. The molecule has 2 rings (SSSR count). The summed E-state index contributed by atoms with van der Waals surface area (Å²) in [5.74, 6) is 0.0677. The lowest BCUT2D eigenvalue weighted by Crippen LogP contribution is -2.46. The zero-order chi connectivity index (χ0) is 27.0. The number of alkyl halides is 3. The first-order chi connectivity index (χ1) is 17.7. The summed E-state index contributed by atoms with van der Waals surface area (Å²) in [6.45, 7) is 6.04. The summed E-state index contributed by atoms with van der Waals surface area (Å²) in [4.78, 5) is 14.8. The summed E-state index contributed by atoms with van der Waals surface area (Å²) in [5, 5.41) is 0. The molecule has 0 spiro atoms. The third-order valence-electron chi connectivity index (χ3n) is 7.58. The molecule has 1 heterocycles. The number of nitrogens with zero attached hydrogens (tertiary/aromatic N) is 2. The van der Waals surface area contributed by atoms with Crippen LogP contribution in [-0.4, -0.2) is 54.9 Å². The van der Waals surface area contributed by atoms with Crippen molar-refractivity contribution in [3.05, 3.63) is 29.8 Å². The van der Waals surface area contributed by atoms with Gasteiger partial charge in [0, 0.05) is 24.9 Å². The van der Waals surface area contributed by atoms with E-state index in [1.165, 1.54) is 82.8 Å². The Labute approximate surface area is 223 Å². The molecule has 0 aromatic heterocycles. The highest BCUT2D eigenvalue weighted by atomic mass is 19.4. The van der Waals surface area contributed by atoms with Crippen molar-refractivity contribution in [1.82, 2.24) is 4.90 Å². The van der Waals surface area contributed by atoms with Crippen molar-refractivity contribution in [3.63, 3.8) is 0 Å². The number of hydrogen-bond donors (Lipinski definition) is 0. The highest BCUT2D eigenvalue weighted by molar-refractivity contribution is 5.76. The van der Waals surface area contributed by atoms with Crippen LogP contribution < -0.4 is 4.74 Å². The van der Waals surface area contributed by atoms with Gasteiger partial charge in [0.25, 0.3) is 0 Å². The maximum Gasteiger partial charge on any atom is 0.573 e. The van der Waals surface area contributed by atoms with E-state index >= 15 is 0 Å². The van der Waals surface area contributed by atoms with Crippen LogP contribution in [0.5, 0.6) is 5.75 Å². The highest BCUT2D eigenvalue weighted by Crippen LogP contribution is 2.25. The molecule has 212 valence electrons. The van der Waals surface area contributed by atoms with Crippen molar-refractivity contribution in [2.45, 2.75) is 116 Å². The third-order valence-corrected chi connectivity index (χ3v) is 7.58. The van der Waals surface area contributed by atoms with E-state index in [2.05, 4.69) is 18.7 Å². The fourth-order valence-electron chi connectivity index (χ4n) is 5.37. The van der Waals surface area contributed by atoms with E-state index in [-0.39, 0.29) is 11.7 Å². The monoisotopic (exact) mass is 527 g/mol. The average molecular weight is 528 g/mol. The van der Waals surface area contributed by atoms with Gasteiger partial charge in [0.15, 0.2) is 0 Å². The number of unbranched alkanes of at least 4 members (excludes halogenated alkanes) is 12. The maximum absolute atomic E-state index is 12.8. The van der Waals surface area contributed by atoms with Gasteiger partial charge in [0.1, 0.15) is 12.3 Å². The fraction of sp³-hybridized carbons (Fsp3) is 0.767. The molecule has 0 bridgehead atoms. The Kier molecular flexibility index (Phi) is 14.4. The summed E-state index contributed by atoms with van der Waals surface area (Å²) in [5.41, 5.74) is 0.816. The van der Waals surface area contributed by atoms with Gasteiger partial charge in [-0.2, -0.15) is 0 Å². The van der Waals surface area contributed by atoms with Crippen LogP contribution >= 0.6 is 0 Å². The van der Waals surface area contributed by atoms with Crippen molar-refractivity contribution in [2.75, 3.05) is 33.2 Å². The first kappa shape index (κ1) is 31.5. The molecule has 0 radical (unpaired) electrons. The molecule has 0 saturated carbocycles. The molecule has 37 heavy (non-hydrogen) atoms. The smallest absolute Gasteiger partial charge is 0.406 e. The van der Waals surface area contributed by atoms with Gasteiger partial charge >= 0.3 is 6.36 Å². The van der Waals surface area contributed by atoms with Crippen LogP contribution in [0.25, 0.3) is 0 Å². The van der Waals surface area contributed by atoms with Crippen molar-refractivity contribution >= 4 is 5.91 Å². The van der Waals surface area contributed by atoms with Crippen LogP contribution in [0.2, 0.25) is 0 Å². The van der Waals surface area contributed by atoms with Crippen LogP contribution in [-0.2, 0) is 11.3 Å². The summed E-state index contributed by atoms with van der Waals surface area (Å²) in [6, 6.07) is 6.25. The van der Waals surface area contributed by atoms with E-state index in [0.717, 1.165) is 44.5 Å². The first-order valence-electron chi connectivity index (χ1n) is 14.7. The summed E-state index contributed by atoms with van der Waals surface area (Å²) in [6.07, 6.45) is 13.7. The van der Waals surface area contributed by atoms with Gasteiger partial charge < -0.3 is 14.1 Å². The van der Waals surface area contributed by atoms with Crippen molar-refractivity contribution < 1.29 is 27.2 Å². The molecular formula is C30H50F3N2O2+. The zero-order valence-corrected chi connectivity index (χ0v) is 23.3. The molecule has 1 aliphatic rings. The van der Waals surface area contributed by atoms with Gasteiger partial charge in [-0.25, -0.2) is 0 Å². The minimum Gasteiger partial charge on any atom is -0.406 e. The molecule has 7 heteroatoms. The molecule has 1 amide bonds. The van der Waals surface area contributed by atoms with Gasteiger partial charge in [0.2, 0.25) is 5.91 Å². The predicted molar refractivity (Wildman–Crippen MR) is 144 cm³/mol. The standard InChI is InChI=1S/C30H50F3N2O2/c1-3-4-5-6-7-8-9-10-11-12-13-14-15-20-29(36)34-21-17-23-35(2,24-22-34)26-27-18-16-19-28(25-27)37-30(31,32)33/h16,18-19,25H,3-15,17,20-24,26H2,1-2H3/q+1. The van der Waals surface area contributed by atoms with Gasteiger partial charge in [-0.1, -0.05) is 96.1 Å². The van der Waals surface area contributed by atoms with E-state index < -0.39 is 6.36 Å². The molecular weight excluding hydrogens is 477 g/mol. The Morgan fingerprint density at radius 2 is 1.49 bits per heavy atom. The maximum atomic E-state index is 12.8. The molecule has 1 unspecified atom stereocenters. The second kappa shape index (κ2) is 17.0. The Bertz CT molecular complexity index is 771. The van der Waals surface area contributed by atoms with Crippen LogP contribution in [0.4, 0.5) is 13.2 Å². The van der Waals surface area contributed by atoms with Gasteiger partial charge in [0.05, 0.1) is 26.7 Å². The van der Waals surface area contributed by atoms with Crippen LogP contribution in [0.15, 0.2) is 24.3 Å². The minimum absolute atomic E-state index is 0.180. The molecule has 0 N–H and O–H groups in total. The second-order valence-electron chi connectivity index (χ2n) is 11.1. The van der Waals surface area contributed by atoms with E-state index in [4.69, 9.17) is 0 Å². The third kappa shape index (κ3) is 14.1. The SMILES string of the molecule is CCCCCCCCCCCCCCCC(=O)N1CCC[N+](C)(Cc2cccc(OC(F)(F)F)c2)CC1. The number of likely N-dealkylation sites (N-methyl/N-ethyl adjacent to an activating group) is 1. The number of amides is 1. The zero-order valence-electron chi connectivity index (χ0n) is 23.3. The Morgan fingerprint density at radius 3 is 2.08 bits per heavy atom. The van der Waals surface area contributed by atoms with E-state index in [0.29, 0.717) is 24.0 Å². The van der Waals surface area contributed by atoms with E-state index in [1.807, 2.05) is 11.0 Å². The van der Waals surface area contributed by atoms with Gasteiger partial charge in [-0.3, -0.25) is 4.79 Å². The first-order valence-corrected chi connectivity index (χ1v) is 14.7. The number of benzene rings is 1. The molecule has 1 aromatic rings. The number of hydrogen-bond acceptors (Lipinski definition) is 2. The molecule has 1 atom stereocenters. The molecule has 0 aliphatic carbocycles. The van der Waals surface area contributed by atoms with Crippen LogP contribution in [0.3, 0.4) is 0 Å². The van der Waals surface area contributed by atoms with Crippen LogP contribution in [0, 0.1) is 0 Å². The lowest BCUT2D eigenvalue weighted by Gasteiger charge is -2.33. The topological polar surface area (TPSA) is 29.5 Å². The molecule has 4 nitrogen and oxygen atoms in total. The predicted octanol–water partition coefficient (Wildman–Crippen LogP) is 8.25. The second-order valence-corrected chi connectivity index (χ2v) is 11.1. The van der Waals surface area contributed by atoms with E-state index in [1.54, 1.807) is 6.07 Å². The lowest BCUT2D eigenvalue weighted by molar-refractivity contribution is -0.920. The quantitative estimate of drug-likeness (QED) is 0.151. The Morgan fingerprint density at radius 1 is 0.892 bits per heavy atom. The fourth-order valence-corrected chi connectivity index (χ4v) is 5.37. The largest absolute Gasteiger partial charge is 0.573 e. The summed E-state index contributed by atoms with van der Waals surface area (Å²) in [7, 11) is 2.12. The Hall–Kier alpha value is -1.76. The summed E-state index contributed by atoms with van der Waals surface area (Å²) >= 11 is 0. The number of quaternary nitrogens is 1. The van der Waals surface area contributed by atoms with Crippen molar-refractivity contribution in [2.24, 2.45) is 0 Å². The van der Waals surface area contributed by atoms with Gasteiger partial charge in [-0.15, -0.1) is 13.2 Å². The minimum atomic E-state index is -4.69. The molecule has 1 aromatic carbocycles. The number of ether oxygens (including phenoxy) is 1. The average Bonchev–Trinajstić information content (AvgIpc) is 3.02. The normalized spacial score (nSPS) is 18.6. The van der Waals surface area contributed by atoms with Gasteiger partial charge in [-0.05, 0) is 18.6 Å².